The molecule has 2 aromatic carbocycles. The number of anilines is 2. The van der Waals surface area contributed by atoms with Crippen molar-refractivity contribution in [2.75, 3.05) is 5.32 Å². The second kappa shape index (κ2) is 6.08. The van der Waals surface area contributed by atoms with E-state index in [1.54, 1.807) is 24.3 Å². The van der Waals surface area contributed by atoms with E-state index in [2.05, 4.69) is 21.2 Å². The average molecular weight is 374 g/mol. The molecule has 2 nitrogen and oxygen atoms in total. The van der Waals surface area contributed by atoms with Gasteiger partial charge in [-0.1, -0.05) is 23.8 Å². The molecule has 0 amide bonds. The van der Waals surface area contributed by atoms with Crippen LogP contribution in [0.2, 0.25) is 5.02 Å². The maximum absolute atomic E-state index is 13.6. The second-order valence-electron chi connectivity index (χ2n) is 4.26. The number of rotatable bonds is 3. The highest BCUT2D eigenvalue weighted by atomic mass is 79.9. The van der Waals surface area contributed by atoms with Crippen LogP contribution in [0.25, 0.3) is 0 Å². The predicted octanol–water partition coefficient (Wildman–Crippen LogP) is 4.93. The smallest absolute Gasteiger partial charge is 0.139 e. The van der Waals surface area contributed by atoms with Crippen molar-refractivity contribution in [2.24, 2.45) is 5.73 Å². The van der Waals surface area contributed by atoms with E-state index in [1.807, 2.05) is 6.92 Å². The van der Waals surface area contributed by atoms with E-state index >= 15 is 0 Å². The van der Waals surface area contributed by atoms with Crippen molar-refractivity contribution in [3.05, 3.63) is 56.8 Å². The molecule has 104 valence electrons. The number of hydrogen-bond acceptors (Lipinski definition) is 2. The molecule has 0 radical (unpaired) electrons. The Morgan fingerprint density at radius 2 is 2.00 bits per heavy atom. The molecule has 0 fully saturated rings. The van der Waals surface area contributed by atoms with Gasteiger partial charge in [0.2, 0.25) is 0 Å². The van der Waals surface area contributed by atoms with Crippen LogP contribution in [0.5, 0.6) is 0 Å². The van der Waals surface area contributed by atoms with Crippen molar-refractivity contribution in [2.45, 2.75) is 6.92 Å². The maximum atomic E-state index is 13.6. The van der Waals surface area contributed by atoms with E-state index in [9.17, 15) is 4.39 Å². The van der Waals surface area contributed by atoms with Crippen LogP contribution in [0.15, 0.2) is 34.8 Å². The first-order chi connectivity index (χ1) is 9.38. The minimum Gasteiger partial charge on any atom is -0.389 e. The molecule has 0 atom stereocenters. The van der Waals surface area contributed by atoms with Gasteiger partial charge in [-0.05, 0) is 58.7 Å². The molecule has 0 heterocycles. The molecule has 0 aliphatic heterocycles. The summed E-state index contributed by atoms with van der Waals surface area (Å²) >= 11 is 14.1. The van der Waals surface area contributed by atoms with E-state index in [4.69, 9.17) is 29.6 Å². The zero-order valence-corrected chi connectivity index (χ0v) is 13.7. The average Bonchev–Trinajstić information content (AvgIpc) is 2.37. The number of nitrogens with two attached hydrogens (primary N) is 1. The maximum Gasteiger partial charge on any atom is 0.139 e. The monoisotopic (exact) mass is 372 g/mol. The first kappa shape index (κ1) is 15.2. The molecule has 0 unspecified atom stereocenters. The molecule has 20 heavy (non-hydrogen) atoms. The lowest BCUT2D eigenvalue weighted by Gasteiger charge is -2.14. The zero-order valence-electron chi connectivity index (χ0n) is 10.5. The zero-order chi connectivity index (χ0) is 14.9. The van der Waals surface area contributed by atoms with Gasteiger partial charge in [0, 0.05) is 22.0 Å². The predicted molar refractivity (Wildman–Crippen MR) is 89.5 cm³/mol. The highest BCUT2D eigenvalue weighted by molar-refractivity contribution is 9.10. The van der Waals surface area contributed by atoms with E-state index < -0.39 is 0 Å². The molecular formula is C14H11BrClFN2S. The van der Waals surface area contributed by atoms with Crippen LogP contribution >= 0.6 is 39.7 Å². The van der Waals surface area contributed by atoms with Crippen molar-refractivity contribution in [1.82, 2.24) is 0 Å². The number of benzene rings is 2. The molecular weight excluding hydrogens is 363 g/mol. The molecule has 3 N–H and O–H groups in total. The van der Waals surface area contributed by atoms with Gasteiger partial charge in [0.1, 0.15) is 10.8 Å². The van der Waals surface area contributed by atoms with Crippen LogP contribution in [0.1, 0.15) is 11.1 Å². The highest BCUT2D eigenvalue weighted by Gasteiger charge is 2.10. The Labute approximate surface area is 135 Å². The fourth-order valence-electron chi connectivity index (χ4n) is 1.76. The van der Waals surface area contributed by atoms with Crippen LogP contribution in [0.4, 0.5) is 15.8 Å². The summed E-state index contributed by atoms with van der Waals surface area (Å²) in [4.78, 5) is 0.227. The minimum absolute atomic E-state index is 0.227. The lowest BCUT2D eigenvalue weighted by molar-refractivity contribution is 0.621. The summed E-state index contributed by atoms with van der Waals surface area (Å²) in [5.41, 5.74) is 8.52. The summed E-state index contributed by atoms with van der Waals surface area (Å²) in [6, 6.07) is 8.27. The number of aryl methyl sites for hydroxylation is 1. The van der Waals surface area contributed by atoms with Gasteiger partial charge >= 0.3 is 0 Å². The summed E-state index contributed by atoms with van der Waals surface area (Å²) in [7, 11) is 0. The summed E-state index contributed by atoms with van der Waals surface area (Å²) in [5, 5.41) is 3.67. The van der Waals surface area contributed by atoms with Crippen LogP contribution in [-0.2, 0) is 0 Å². The largest absolute Gasteiger partial charge is 0.389 e. The van der Waals surface area contributed by atoms with E-state index in [0.717, 1.165) is 5.56 Å². The highest BCUT2D eigenvalue weighted by Crippen LogP contribution is 2.29. The number of hydrogen-bond donors (Lipinski definition) is 2. The minimum atomic E-state index is -0.344. The fraction of sp³-hybridized carbons (Fsp3) is 0.0714. The standard InChI is InChI=1S/C14H11BrClFN2S/c1-7-4-10(15)11(17)6-13(7)19-12-3-2-8(16)5-9(12)14(18)20/h2-6,19H,1H3,(H2,18,20). The summed E-state index contributed by atoms with van der Waals surface area (Å²) in [6.45, 7) is 1.88. The van der Waals surface area contributed by atoms with E-state index in [0.29, 0.717) is 26.4 Å². The molecule has 2 aromatic rings. The van der Waals surface area contributed by atoms with Crippen LogP contribution < -0.4 is 11.1 Å². The Morgan fingerprint density at radius 1 is 1.30 bits per heavy atom. The van der Waals surface area contributed by atoms with Gasteiger partial charge in [-0.15, -0.1) is 0 Å². The summed E-state index contributed by atoms with van der Waals surface area (Å²) < 4.78 is 14.0. The molecule has 0 spiro atoms. The van der Waals surface area contributed by atoms with Crippen molar-refractivity contribution < 1.29 is 4.39 Å². The van der Waals surface area contributed by atoms with Gasteiger partial charge < -0.3 is 11.1 Å². The Morgan fingerprint density at radius 3 is 2.65 bits per heavy atom. The van der Waals surface area contributed by atoms with Crippen molar-refractivity contribution in [3.63, 3.8) is 0 Å². The topological polar surface area (TPSA) is 38.0 Å². The Balaban J connectivity index is 2.45. The summed E-state index contributed by atoms with van der Waals surface area (Å²) in [5.74, 6) is -0.344. The first-order valence-corrected chi connectivity index (χ1v) is 7.28. The molecule has 0 saturated heterocycles. The van der Waals surface area contributed by atoms with Gasteiger partial charge in [-0.2, -0.15) is 0 Å². The van der Waals surface area contributed by atoms with E-state index in [1.165, 1.54) is 6.07 Å². The molecule has 0 saturated carbocycles. The van der Waals surface area contributed by atoms with E-state index in [-0.39, 0.29) is 10.8 Å². The second-order valence-corrected chi connectivity index (χ2v) is 5.99. The normalized spacial score (nSPS) is 10.4. The lowest BCUT2D eigenvalue weighted by Crippen LogP contribution is -2.12. The third kappa shape index (κ3) is 3.29. The van der Waals surface area contributed by atoms with Crippen molar-refractivity contribution >= 4 is 56.1 Å². The molecule has 0 bridgehead atoms. The Hall–Kier alpha value is -1.17. The molecule has 2 rings (SSSR count). The van der Waals surface area contributed by atoms with Gasteiger partial charge in [0.05, 0.1) is 4.47 Å². The quantitative estimate of drug-likeness (QED) is 0.749. The number of halogens is 3. The van der Waals surface area contributed by atoms with Gasteiger partial charge in [0.15, 0.2) is 0 Å². The van der Waals surface area contributed by atoms with Gasteiger partial charge in [-0.25, -0.2) is 4.39 Å². The van der Waals surface area contributed by atoms with Crippen LogP contribution in [0, 0.1) is 12.7 Å². The Bertz CT molecular complexity index is 691. The SMILES string of the molecule is Cc1cc(Br)c(F)cc1Nc1ccc(Cl)cc1C(N)=S. The first-order valence-electron chi connectivity index (χ1n) is 5.70. The number of nitrogens with one attached hydrogen (secondary N) is 1. The Kier molecular flexibility index (Phi) is 4.62. The fourth-order valence-corrected chi connectivity index (χ4v) is 2.55. The number of thiocarbonyl (C=S) groups is 1. The molecule has 6 heteroatoms. The third-order valence-corrected chi connectivity index (χ3v) is 3.85. The van der Waals surface area contributed by atoms with Gasteiger partial charge in [-0.3, -0.25) is 0 Å². The molecule has 0 aliphatic rings. The molecule has 0 aromatic heterocycles. The third-order valence-electron chi connectivity index (χ3n) is 2.78. The molecule has 0 aliphatic carbocycles. The van der Waals surface area contributed by atoms with Gasteiger partial charge in [0.25, 0.3) is 0 Å². The van der Waals surface area contributed by atoms with Crippen LogP contribution in [0.3, 0.4) is 0 Å². The lowest BCUT2D eigenvalue weighted by atomic mass is 10.1. The van der Waals surface area contributed by atoms with Crippen molar-refractivity contribution in [1.29, 1.82) is 0 Å². The summed E-state index contributed by atoms with van der Waals surface area (Å²) in [6.07, 6.45) is 0. The van der Waals surface area contributed by atoms with Crippen LogP contribution in [-0.4, -0.2) is 4.99 Å². The van der Waals surface area contributed by atoms with Crippen molar-refractivity contribution in [3.8, 4) is 0 Å².